The minimum absolute atomic E-state index is 0.0873. The van der Waals surface area contributed by atoms with E-state index in [0.29, 0.717) is 39.3 Å². The first kappa shape index (κ1) is 19.5. The zero-order chi connectivity index (χ0) is 22.4. The number of hydrogen-bond acceptors (Lipinski definition) is 7. The molecule has 158 valence electrons. The Kier molecular flexibility index (Phi) is 4.50. The number of hydrogen-bond donors (Lipinski definition) is 2. The highest BCUT2D eigenvalue weighted by Crippen LogP contribution is 2.32. The first-order valence-corrected chi connectivity index (χ1v) is 9.75. The third-order valence-electron chi connectivity index (χ3n) is 5.28. The van der Waals surface area contributed by atoms with Crippen LogP contribution in [0.15, 0.2) is 51.7 Å². The average molecular weight is 427 g/mol. The number of oxazole rings is 1. The van der Waals surface area contributed by atoms with Crippen molar-refractivity contribution < 1.29 is 14.3 Å². The van der Waals surface area contributed by atoms with Gasteiger partial charge in [-0.15, -0.1) is 0 Å². The molecule has 0 bridgehead atoms. The SMILES string of the molecule is COc1cc(CO)cc2oc(-c3c(C)[nH]c4c(-c5ccccc5)c(C#N)nn4c3=O)nc12. The summed E-state index contributed by atoms with van der Waals surface area (Å²) >= 11 is 0. The summed E-state index contributed by atoms with van der Waals surface area (Å²) in [7, 11) is 1.49. The summed E-state index contributed by atoms with van der Waals surface area (Å²) in [6.07, 6.45) is 0. The fourth-order valence-corrected chi connectivity index (χ4v) is 3.80. The van der Waals surface area contributed by atoms with Crippen LogP contribution in [0.1, 0.15) is 17.0 Å². The first-order chi connectivity index (χ1) is 15.5. The molecule has 0 fully saturated rings. The molecule has 0 radical (unpaired) electrons. The molecule has 0 aliphatic heterocycles. The number of fused-ring (bicyclic) bond motifs is 2. The normalized spacial score (nSPS) is 11.2. The molecule has 0 atom stereocenters. The van der Waals surface area contributed by atoms with Gasteiger partial charge in [0.1, 0.15) is 23.0 Å². The molecule has 0 aliphatic rings. The minimum Gasteiger partial charge on any atom is -0.494 e. The highest BCUT2D eigenvalue weighted by Gasteiger charge is 2.23. The number of aryl methyl sites for hydroxylation is 1. The van der Waals surface area contributed by atoms with E-state index in [2.05, 4.69) is 21.1 Å². The molecule has 0 unspecified atom stereocenters. The third kappa shape index (κ3) is 2.85. The number of aromatic nitrogens is 4. The summed E-state index contributed by atoms with van der Waals surface area (Å²) in [5.74, 6) is 0.512. The van der Waals surface area contributed by atoms with Crippen LogP contribution in [-0.2, 0) is 6.61 Å². The van der Waals surface area contributed by atoms with Crippen LogP contribution in [0.5, 0.6) is 5.75 Å². The highest BCUT2D eigenvalue weighted by molar-refractivity contribution is 5.85. The van der Waals surface area contributed by atoms with Crippen molar-refractivity contribution in [3.05, 3.63) is 69.8 Å². The zero-order valence-electron chi connectivity index (χ0n) is 17.2. The van der Waals surface area contributed by atoms with Gasteiger partial charge in [0.2, 0.25) is 5.89 Å². The highest BCUT2D eigenvalue weighted by atomic mass is 16.5. The van der Waals surface area contributed by atoms with E-state index in [4.69, 9.17) is 9.15 Å². The number of ether oxygens (including phenoxy) is 1. The molecule has 0 spiro atoms. The molecule has 32 heavy (non-hydrogen) atoms. The van der Waals surface area contributed by atoms with Crippen molar-refractivity contribution in [1.82, 2.24) is 19.6 Å². The molecule has 2 aromatic carbocycles. The van der Waals surface area contributed by atoms with Crippen LogP contribution in [0.2, 0.25) is 0 Å². The summed E-state index contributed by atoms with van der Waals surface area (Å²) in [6, 6.07) is 14.7. The van der Waals surface area contributed by atoms with Gasteiger partial charge in [0.05, 0.1) is 19.3 Å². The minimum atomic E-state index is -0.470. The lowest BCUT2D eigenvalue weighted by Crippen LogP contribution is -2.19. The van der Waals surface area contributed by atoms with Crippen LogP contribution in [0.4, 0.5) is 0 Å². The summed E-state index contributed by atoms with van der Waals surface area (Å²) in [5.41, 5.74) is 3.50. The number of benzene rings is 2. The van der Waals surface area contributed by atoms with E-state index in [0.717, 1.165) is 10.1 Å². The number of methoxy groups -OCH3 is 1. The molecule has 3 aromatic heterocycles. The molecular formula is C23H17N5O4. The van der Waals surface area contributed by atoms with Gasteiger partial charge in [0.25, 0.3) is 5.56 Å². The van der Waals surface area contributed by atoms with Gasteiger partial charge in [0, 0.05) is 5.69 Å². The zero-order valence-corrected chi connectivity index (χ0v) is 17.2. The predicted molar refractivity (Wildman–Crippen MR) is 116 cm³/mol. The molecule has 0 saturated heterocycles. The Morgan fingerprint density at radius 3 is 2.72 bits per heavy atom. The Morgan fingerprint density at radius 1 is 1.25 bits per heavy atom. The number of nitrogens with zero attached hydrogens (tertiary/aromatic N) is 4. The standard InChI is InChI=1S/C23H17N5O4/c1-12-18(22-26-20-16(31-2)8-13(11-29)9-17(20)32-22)23(30)28-21(25-12)19(15(10-24)27-28)14-6-4-3-5-7-14/h3-9,25,29H,11H2,1-2H3. The second-order valence-electron chi connectivity index (χ2n) is 7.21. The Bertz CT molecular complexity index is 1590. The van der Waals surface area contributed by atoms with Gasteiger partial charge in [-0.05, 0) is 30.2 Å². The fourth-order valence-electron chi connectivity index (χ4n) is 3.80. The van der Waals surface area contributed by atoms with Gasteiger partial charge < -0.3 is 19.2 Å². The van der Waals surface area contributed by atoms with E-state index < -0.39 is 5.56 Å². The van der Waals surface area contributed by atoms with Crippen LogP contribution >= 0.6 is 0 Å². The third-order valence-corrected chi connectivity index (χ3v) is 5.28. The maximum atomic E-state index is 13.4. The number of aliphatic hydroxyl groups is 1. The molecule has 0 aliphatic carbocycles. The summed E-state index contributed by atoms with van der Waals surface area (Å²) in [6.45, 7) is 1.54. The average Bonchev–Trinajstić information content (AvgIpc) is 3.40. The molecule has 5 aromatic rings. The number of aromatic amines is 1. The number of nitrogens with one attached hydrogen (secondary N) is 1. The van der Waals surface area contributed by atoms with Gasteiger partial charge in [-0.2, -0.15) is 14.9 Å². The van der Waals surface area contributed by atoms with Gasteiger partial charge in [-0.25, -0.2) is 4.98 Å². The van der Waals surface area contributed by atoms with E-state index in [-0.39, 0.29) is 23.8 Å². The van der Waals surface area contributed by atoms with Gasteiger partial charge >= 0.3 is 0 Å². The summed E-state index contributed by atoms with van der Waals surface area (Å²) < 4.78 is 12.4. The van der Waals surface area contributed by atoms with Crippen molar-refractivity contribution in [3.63, 3.8) is 0 Å². The van der Waals surface area contributed by atoms with Crippen LogP contribution in [0.3, 0.4) is 0 Å². The van der Waals surface area contributed by atoms with Crippen LogP contribution in [0.25, 0.3) is 39.3 Å². The van der Waals surface area contributed by atoms with Gasteiger partial charge in [-0.1, -0.05) is 30.3 Å². The Morgan fingerprint density at radius 2 is 2.03 bits per heavy atom. The van der Waals surface area contributed by atoms with E-state index in [1.165, 1.54) is 7.11 Å². The number of nitriles is 1. The van der Waals surface area contributed by atoms with Crippen molar-refractivity contribution in [2.75, 3.05) is 7.11 Å². The van der Waals surface area contributed by atoms with E-state index in [1.807, 2.05) is 30.3 Å². The largest absolute Gasteiger partial charge is 0.494 e. The maximum absolute atomic E-state index is 13.4. The Hall–Kier alpha value is -4.42. The van der Waals surface area contributed by atoms with E-state index in [1.54, 1.807) is 19.1 Å². The predicted octanol–water partition coefficient (Wildman–Crippen LogP) is 3.18. The Labute approximate surface area is 181 Å². The lowest BCUT2D eigenvalue weighted by molar-refractivity contribution is 0.281. The molecule has 5 rings (SSSR count). The van der Waals surface area contributed by atoms with Gasteiger partial charge in [-0.3, -0.25) is 4.79 Å². The van der Waals surface area contributed by atoms with Crippen LogP contribution < -0.4 is 10.3 Å². The molecule has 0 saturated carbocycles. The second kappa shape index (κ2) is 7.37. The topological polar surface area (TPSA) is 129 Å². The van der Waals surface area contributed by atoms with Crippen molar-refractivity contribution in [1.29, 1.82) is 5.26 Å². The lowest BCUT2D eigenvalue weighted by atomic mass is 10.1. The fraction of sp³-hybridized carbons (Fsp3) is 0.130. The van der Waals surface area contributed by atoms with Crippen molar-refractivity contribution in [2.45, 2.75) is 13.5 Å². The molecule has 2 N–H and O–H groups in total. The first-order valence-electron chi connectivity index (χ1n) is 9.75. The van der Waals surface area contributed by atoms with Crippen LogP contribution in [-0.4, -0.2) is 31.8 Å². The van der Waals surface area contributed by atoms with Crippen molar-refractivity contribution >= 4 is 16.7 Å². The van der Waals surface area contributed by atoms with Crippen molar-refractivity contribution in [2.24, 2.45) is 0 Å². The molecular weight excluding hydrogens is 410 g/mol. The van der Waals surface area contributed by atoms with E-state index >= 15 is 0 Å². The number of aliphatic hydroxyl groups excluding tert-OH is 1. The Balaban J connectivity index is 1.78. The van der Waals surface area contributed by atoms with E-state index in [9.17, 15) is 15.2 Å². The number of H-pyrrole nitrogens is 1. The molecule has 9 nitrogen and oxygen atoms in total. The van der Waals surface area contributed by atoms with Crippen molar-refractivity contribution in [3.8, 4) is 34.4 Å². The second-order valence-corrected chi connectivity index (χ2v) is 7.21. The molecule has 9 heteroatoms. The lowest BCUT2D eigenvalue weighted by Gasteiger charge is -2.05. The monoisotopic (exact) mass is 427 g/mol. The summed E-state index contributed by atoms with van der Waals surface area (Å²) in [4.78, 5) is 21.1. The number of rotatable bonds is 4. The molecule has 3 heterocycles. The van der Waals surface area contributed by atoms with Crippen LogP contribution in [0, 0.1) is 18.3 Å². The quantitative estimate of drug-likeness (QED) is 0.450. The smallest absolute Gasteiger partial charge is 0.287 e. The maximum Gasteiger partial charge on any atom is 0.287 e. The molecule has 0 amide bonds. The summed E-state index contributed by atoms with van der Waals surface area (Å²) in [5, 5.41) is 23.3. The van der Waals surface area contributed by atoms with Gasteiger partial charge in [0.15, 0.2) is 16.8 Å².